The minimum Gasteiger partial charge on any atom is -0.466 e. The largest absolute Gasteiger partial charge is 0.466 e. The molecule has 2 unspecified atom stereocenters. The maximum absolute atomic E-state index is 12.2. The van der Waals surface area contributed by atoms with Gasteiger partial charge in [-0.15, -0.1) is 5.10 Å². The normalized spacial score (nSPS) is 17.2. The molecule has 134 valence electrons. The summed E-state index contributed by atoms with van der Waals surface area (Å²) < 4.78 is 7.54. The van der Waals surface area contributed by atoms with Crippen molar-refractivity contribution >= 4 is 24.7 Å². The molecule has 0 radical (unpaired) electrons. The van der Waals surface area contributed by atoms with Gasteiger partial charge in [-0.2, -0.15) is 5.10 Å². The molecule has 2 aromatic rings. The molecule has 1 aliphatic rings. The summed E-state index contributed by atoms with van der Waals surface area (Å²) in [4.78, 5) is 16.1. The first-order valence-electron chi connectivity index (χ1n) is 8.26. The molecule has 1 aromatic carbocycles. The topological polar surface area (TPSA) is 72.1 Å². The maximum Gasteiger partial charge on any atom is 0.280 e. The molecule has 7 nitrogen and oxygen atoms in total. The molecule has 0 bridgehead atoms. The third kappa shape index (κ3) is 3.56. The number of aliphatic imine (C=N–C) groups is 1. The van der Waals surface area contributed by atoms with E-state index in [2.05, 4.69) is 28.5 Å². The number of aromatic nitrogens is 2. The number of nitrogens with zero attached hydrogens (tertiary/aromatic N) is 5. The molecule has 0 aliphatic carbocycles. The van der Waals surface area contributed by atoms with Crippen molar-refractivity contribution in [2.45, 2.75) is 19.1 Å². The fourth-order valence-electron chi connectivity index (χ4n) is 2.75. The van der Waals surface area contributed by atoms with Gasteiger partial charge in [0.05, 0.1) is 18.4 Å². The zero-order valence-electron chi connectivity index (χ0n) is 14.9. The molecule has 0 amide bonds. The standard InChI is InChI=1S/C19H21N5O2/c1-5-14-10-15(6-7-17(14)20-3)13(2)26-19-18(25)8-9-24(22-19)16-11-21-23(4)12-16/h5-11,13,16H,1,3,12H2,2,4H3. The van der Waals surface area contributed by atoms with E-state index in [-0.39, 0.29) is 23.5 Å². The van der Waals surface area contributed by atoms with Crippen LogP contribution >= 0.6 is 0 Å². The number of hydrogen-bond donors (Lipinski definition) is 0. The highest BCUT2D eigenvalue weighted by atomic mass is 16.5. The molecule has 7 heteroatoms. The van der Waals surface area contributed by atoms with Gasteiger partial charge in [-0.25, -0.2) is 0 Å². The SMILES string of the molecule is C=Cc1cc(C(C)Oc2nn(C3C=NN(C)C3)ccc2=O)ccc1N=C. The van der Waals surface area contributed by atoms with E-state index in [1.165, 1.54) is 6.07 Å². The molecule has 1 aliphatic heterocycles. The van der Waals surface area contributed by atoms with Gasteiger partial charge in [-0.3, -0.25) is 19.5 Å². The predicted octanol–water partition coefficient (Wildman–Crippen LogP) is 2.83. The molecular formula is C19H21N5O2. The van der Waals surface area contributed by atoms with Gasteiger partial charge in [0.1, 0.15) is 12.1 Å². The van der Waals surface area contributed by atoms with Crippen LogP contribution in [0.5, 0.6) is 5.88 Å². The van der Waals surface area contributed by atoms with Crippen LogP contribution in [0.25, 0.3) is 6.08 Å². The minimum absolute atomic E-state index is 0.0245. The zero-order chi connectivity index (χ0) is 18.7. The zero-order valence-corrected chi connectivity index (χ0v) is 14.9. The van der Waals surface area contributed by atoms with Crippen LogP contribution in [0.2, 0.25) is 0 Å². The fourth-order valence-corrected chi connectivity index (χ4v) is 2.75. The number of likely N-dealkylation sites (N-methyl/N-ethyl adjacent to an activating group) is 1. The first-order valence-corrected chi connectivity index (χ1v) is 8.26. The Hall–Kier alpha value is -3.22. The third-order valence-corrected chi connectivity index (χ3v) is 4.22. The maximum atomic E-state index is 12.2. The van der Waals surface area contributed by atoms with Gasteiger partial charge in [0, 0.05) is 19.3 Å². The van der Waals surface area contributed by atoms with Crippen molar-refractivity contribution in [3.8, 4) is 5.88 Å². The summed E-state index contributed by atoms with van der Waals surface area (Å²) in [5, 5.41) is 10.4. The quantitative estimate of drug-likeness (QED) is 0.750. The van der Waals surface area contributed by atoms with Gasteiger partial charge in [0.25, 0.3) is 5.88 Å². The third-order valence-electron chi connectivity index (χ3n) is 4.22. The van der Waals surface area contributed by atoms with Crippen LogP contribution in [0.15, 0.2) is 51.9 Å². The van der Waals surface area contributed by atoms with Crippen molar-refractivity contribution in [3.63, 3.8) is 0 Å². The lowest BCUT2D eigenvalue weighted by atomic mass is 10.1. The van der Waals surface area contributed by atoms with Gasteiger partial charge in [-0.05, 0) is 36.9 Å². The van der Waals surface area contributed by atoms with Crippen molar-refractivity contribution in [1.82, 2.24) is 14.8 Å². The Kier molecular flexibility index (Phi) is 4.97. The first kappa shape index (κ1) is 17.6. The Bertz CT molecular complexity index is 918. The van der Waals surface area contributed by atoms with Crippen LogP contribution in [-0.2, 0) is 0 Å². The van der Waals surface area contributed by atoms with Gasteiger partial charge in [-0.1, -0.05) is 18.7 Å². The van der Waals surface area contributed by atoms with E-state index in [1.807, 2.05) is 37.2 Å². The fraction of sp³-hybridized carbons (Fsp3) is 0.263. The lowest BCUT2D eigenvalue weighted by molar-refractivity contribution is 0.207. The van der Waals surface area contributed by atoms with Gasteiger partial charge >= 0.3 is 0 Å². The lowest BCUT2D eigenvalue weighted by Gasteiger charge is -2.17. The van der Waals surface area contributed by atoms with Crippen LogP contribution in [0.3, 0.4) is 0 Å². The second-order valence-electron chi connectivity index (χ2n) is 6.08. The summed E-state index contributed by atoms with van der Waals surface area (Å²) >= 11 is 0. The molecule has 2 atom stereocenters. The molecule has 26 heavy (non-hydrogen) atoms. The van der Waals surface area contributed by atoms with Crippen molar-refractivity contribution in [2.75, 3.05) is 13.6 Å². The Morgan fingerprint density at radius 2 is 2.23 bits per heavy atom. The highest BCUT2D eigenvalue weighted by Gasteiger charge is 2.19. The molecule has 1 aromatic heterocycles. The number of ether oxygens (including phenoxy) is 1. The number of rotatable bonds is 6. The number of hydrazone groups is 1. The highest BCUT2D eigenvalue weighted by Crippen LogP contribution is 2.26. The summed E-state index contributed by atoms with van der Waals surface area (Å²) in [6, 6.07) is 7.09. The van der Waals surface area contributed by atoms with Crippen molar-refractivity contribution < 1.29 is 4.74 Å². The summed E-state index contributed by atoms with van der Waals surface area (Å²) in [5.41, 5.74) is 2.24. The Labute approximate surface area is 151 Å². The molecule has 3 rings (SSSR count). The monoisotopic (exact) mass is 351 g/mol. The molecule has 0 saturated carbocycles. The summed E-state index contributed by atoms with van der Waals surface area (Å²) in [6.45, 7) is 9.90. The molecular weight excluding hydrogens is 330 g/mol. The van der Waals surface area contributed by atoms with Gasteiger partial charge < -0.3 is 4.74 Å². The Balaban J connectivity index is 1.84. The van der Waals surface area contributed by atoms with E-state index in [0.29, 0.717) is 6.54 Å². The molecule has 0 saturated heterocycles. The lowest BCUT2D eigenvalue weighted by Crippen LogP contribution is -2.23. The second-order valence-corrected chi connectivity index (χ2v) is 6.08. The van der Waals surface area contributed by atoms with Crippen molar-refractivity contribution in [1.29, 1.82) is 0 Å². The summed E-state index contributed by atoms with van der Waals surface area (Å²) in [7, 11) is 1.89. The van der Waals surface area contributed by atoms with Crippen molar-refractivity contribution in [3.05, 3.63) is 58.4 Å². The van der Waals surface area contributed by atoms with Crippen molar-refractivity contribution in [2.24, 2.45) is 10.1 Å². The van der Waals surface area contributed by atoms with Crippen LogP contribution in [0, 0.1) is 0 Å². The predicted molar refractivity (Wildman–Crippen MR) is 103 cm³/mol. The van der Waals surface area contributed by atoms with Crippen LogP contribution < -0.4 is 10.2 Å². The van der Waals surface area contributed by atoms with E-state index in [9.17, 15) is 4.79 Å². The number of benzene rings is 1. The van der Waals surface area contributed by atoms with Gasteiger partial charge in [0.2, 0.25) is 5.43 Å². The molecule has 0 spiro atoms. The summed E-state index contributed by atoms with van der Waals surface area (Å²) in [5.74, 6) is 0.0639. The second kappa shape index (κ2) is 7.35. The number of hydrogen-bond acceptors (Lipinski definition) is 6. The average Bonchev–Trinajstić information content (AvgIpc) is 3.09. The van der Waals surface area contributed by atoms with Crippen LogP contribution in [-0.4, -0.2) is 41.3 Å². The molecule has 0 N–H and O–H groups in total. The Morgan fingerprint density at radius 3 is 2.88 bits per heavy atom. The van der Waals surface area contributed by atoms with Crippen LogP contribution in [0.4, 0.5) is 5.69 Å². The van der Waals surface area contributed by atoms with E-state index >= 15 is 0 Å². The van der Waals surface area contributed by atoms with E-state index in [0.717, 1.165) is 16.8 Å². The minimum atomic E-state index is -0.358. The first-order chi connectivity index (χ1) is 12.5. The van der Waals surface area contributed by atoms with E-state index in [1.54, 1.807) is 23.2 Å². The Morgan fingerprint density at radius 1 is 1.42 bits per heavy atom. The van der Waals surface area contributed by atoms with Gasteiger partial charge in [0.15, 0.2) is 0 Å². The van der Waals surface area contributed by atoms with E-state index < -0.39 is 0 Å². The van der Waals surface area contributed by atoms with Crippen LogP contribution in [0.1, 0.15) is 30.2 Å². The molecule has 0 fully saturated rings. The highest BCUT2D eigenvalue weighted by molar-refractivity contribution is 5.66. The average molecular weight is 351 g/mol. The molecule has 2 heterocycles. The smallest absolute Gasteiger partial charge is 0.280 e. The summed E-state index contributed by atoms with van der Waals surface area (Å²) in [6.07, 6.45) is 4.80. The van der Waals surface area contributed by atoms with E-state index in [4.69, 9.17) is 4.74 Å².